The topological polar surface area (TPSA) is 24.9 Å². The van der Waals surface area contributed by atoms with Crippen molar-refractivity contribution in [2.45, 2.75) is 17.7 Å². The summed E-state index contributed by atoms with van der Waals surface area (Å²) in [6.07, 6.45) is 2.41. The van der Waals surface area contributed by atoms with Gasteiger partial charge in [0.15, 0.2) is 11.5 Å². The fraction of sp³-hybridized carbons (Fsp3) is 0.455. The molecular weight excluding hydrogens is 427 g/mol. The van der Waals surface area contributed by atoms with Gasteiger partial charge in [0.1, 0.15) is 13.2 Å². The van der Waals surface area contributed by atoms with Crippen LogP contribution >= 0.6 is 35.0 Å². The summed E-state index contributed by atoms with van der Waals surface area (Å²) in [5.41, 5.74) is 1.17. The monoisotopic (exact) mass is 452 g/mol. The van der Waals surface area contributed by atoms with Crippen molar-refractivity contribution in [1.29, 1.82) is 0 Å². The van der Waals surface area contributed by atoms with E-state index in [1.807, 2.05) is 36.0 Å². The zero-order valence-corrected chi connectivity index (χ0v) is 18.7. The van der Waals surface area contributed by atoms with Crippen molar-refractivity contribution in [2.75, 3.05) is 56.6 Å². The normalized spacial score (nSPS) is 16.8. The smallest absolute Gasteiger partial charge is 0.184 e. The zero-order chi connectivity index (χ0) is 20.1. The number of rotatable bonds is 7. The number of para-hydroxylation sites is 1. The Labute approximate surface area is 187 Å². The predicted octanol–water partition coefficient (Wildman–Crippen LogP) is 5.46. The molecule has 2 aromatic carbocycles. The summed E-state index contributed by atoms with van der Waals surface area (Å²) in [7, 11) is 0. The van der Waals surface area contributed by atoms with Crippen molar-refractivity contribution in [3.8, 4) is 11.5 Å². The largest absolute Gasteiger partial charge is 0.486 e. The lowest BCUT2D eigenvalue weighted by Gasteiger charge is -2.37. The van der Waals surface area contributed by atoms with Crippen molar-refractivity contribution in [3.05, 3.63) is 46.4 Å². The number of unbranched alkanes of at least 4 members (excludes halogenated alkanes) is 1. The Balaban J connectivity index is 1.17. The van der Waals surface area contributed by atoms with Gasteiger partial charge in [0.25, 0.3) is 0 Å². The van der Waals surface area contributed by atoms with Crippen LogP contribution in [-0.4, -0.2) is 56.6 Å². The third-order valence-electron chi connectivity index (χ3n) is 5.29. The Kier molecular flexibility index (Phi) is 7.35. The maximum absolute atomic E-state index is 6.08. The minimum atomic E-state index is 0.616. The van der Waals surface area contributed by atoms with Gasteiger partial charge in [0.2, 0.25) is 0 Å². The fourth-order valence-corrected chi connectivity index (χ4v) is 5.03. The number of hydrogen-bond donors (Lipinski definition) is 0. The van der Waals surface area contributed by atoms with E-state index in [-0.39, 0.29) is 0 Å². The van der Waals surface area contributed by atoms with Gasteiger partial charge in [0, 0.05) is 31.1 Å². The fourth-order valence-electron chi connectivity index (χ4n) is 3.71. The molecule has 156 valence electrons. The molecule has 2 aliphatic rings. The number of fused-ring (bicyclic) bond motifs is 1. The minimum absolute atomic E-state index is 0.616. The van der Waals surface area contributed by atoms with Crippen LogP contribution in [0.4, 0.5) is 5.69 Å². The average molecular weight is 453 g/mol. The summed E-state index contributed by atoms with van der Waals surface area (Å²) in [4.78, 5) is 6.17. The highest BCUT2D eigenvalue weighted by Gasteiger charge is 2.23. The van der Waals surface area contributed by atoms with E-state index in [4.69, 9.17) is 32.7 Å². The van der Waals surface area contributed by atoms with Gasteiger partial charge in [0.05, 0.1) is 15.7 Å². The second-order valence-electron chi connectivity index (χ2n) is 7.26. The Hall–Kier alpha value is -1.27. The lowest BCUT2D eigenvalue weighted by Crippen LogP contribution is -2.46. The molecule has 0 radical (unpaired) electrons. The van der Waals surface area contributed by atoms with Gasteiger partial charge in [-0.25, -0.2) is 0 Å². The number of thioether (sulfide) groups is 1. The predicted molar refractivity (Wildman–Crippen MR) is 123 cm³/mol. The van der Waals surface area contributed by atoms with Gasteiger partial charge < -0.3 is 14.4 Å². The molecule has 2 aromatic rings. The number of halogens is 2. The molecular formula is C22H26Cl2N2O2S. The molecule has 0 N–H and O–H groups in total. The Bertz CT molecular complexity index is 828. The molecule has 29 heavy (non-hydrogen) atoms. The Morgan fingerprint density at radius 2 is 1.72 bits per heavy atom. The van der Waals surface area contributed by atoms with Crippen molar-refractivity contribution >= 4 is 40.7 Å². The van der Waals surface area contributed by atoms with E-state index in [0.29, 0.717) is 23.3 Å². The van der Waals surface area contributed by atoms with Crippen LogP contribution in [0.3, 0.4) is 0 Å². The zero-order valence-electron chi connectivity index (χ0n) is 16.4. The number of hydrogen-bond acceptors (Lipinski definition) is 5. The molecule has 2 heterocycles. The van der Waals surface area contributed by atoms with Crippen LogP contribution in [-0.2, 0) is 0 Å². The standard InChI is InChI=1S/C22H26Cl2N2O2S/c23-18-7-6-17(16-19(18)24)29-15-2-1-8-25-9-11-26(12-10-25)20-4-3-5-21-22(20)28-14-13-27-21/h3-7,16H,1-2,8-15H2. The van der Waals surface area contributed by atoms with Crippen molar-refractivity contribution < 1.29 is 9.47 Å². The first-order valence-electron chi connectivity index (χ1n) is 10.1. The van der Waals surface area contributed by atoms with Gasteiger partial charge in [-0.1, -0.05) is 29.3 Å². The molecule has 0 aliphatic carbocycles. The third-order valence-corrected chi connectivity index (χ3v) is 7.11. The number of ether oxygens (including phenoxy) is 2. The van der Waals surface area contributed by atoms with Crippen molar-refractivity contribution in [3.63, 3.8) is 0 Å². The van der Waals surface area contributed by atoms with Gasteiger partial charge in [-0.05, 0) is 55.5 Å². The van der Waals surface area contributed by atoms with E-state index in [2.05, 4.69) is 21.9 Å². The molecule has 2 aliphatic heterocycles. The first-order valence-corrected chi connectivity index (χ1v) is 11.9. The molecule has 0 amide bonds. The summed E-state index contributed by atoms with van der Waals surface area (Å²) in [5.74, 6) is 2.88. The molecule has 1 saturated heterocycles. The minimum Gasteiger partial charge on any atom is -0.486 e. The van der Waals surface area contributed by atoms with Crippen molar-refractivity contribution in [1.82, 2.24) is 4.90 Å². The van der Waals surface area contributed by atoms with E-state index >= 15 is 0 Å². The molecule has 0 unspecified atom stereocenters. The lowest BCUT2D eigenvalue weighted by molar-refractivity contribution is 0.171. The Morgan fingerprint density at radius 1 is 0.897 bits per heavy atom. The molecule has 4 nitrogen and oxygen atoms in total. The van der Waals surface area contributed by atoms with E-state index in [0.717, 1.165) is 50.0 Å². The molecule has 4 rings (SSSR count). The van der Waals surface area contributed by atoms with Crippen LogP contribution in [0.1, 0.15) is 12.8 Å². The Morgan fingerprint density at radius 3 is 2.55 bits per heavy atom. The molecule has 1 fully saturated rings. The SMILES string of the molecule is Clc1ccc(SCCCCN2CCN(c3cccc4c3OCCO4)CC2)cc1Cl. The van der Waals surface area contributed by atoms with Gasteiger partial charge >= 0.3 is 0 Å². The third kappa shape index (κ3) is 5.46. The molecule has 0 atom stereocenters. The van der Waals surface area contributed by atoms with Crippen molar-refractivity contribution in [2.24, 2.45) is 0 Å². The van der Waals surface area contributed by atoms with E-state index in [1.54, 1.807) is 0 Å². The summed E-state index contributed by atoms with van der Waals surface area (Å²) in [5, 5.41) is 1.25. The van der Waals surface area contributed by atoms with Crippen LogP contribution in [0.25, 0.3) is 0 Å². The maximum atomic E-state index is 6.08. The maximum Gasteiger partial charge on any atom is 0.184 e. The molecule has 0 aromatic heterocycles. The van der Waals surface area contributed by atoms with Gasteiger partial charge in [-0.2, -0.15) is 0 Å². The highest BCUT2D eigenvalue weighted by molar-refractivity contribution is 7.99. The molecule has 0 saturated carbocycles. The second-order valence-corrected chi connectivity index (χ2v) is 9.24. The number of anilines is 1. The van der Waals surface area contributed by atoms with Crippen LogP contribution in [0.2, 0.25) is 10.0 Å². The van der Waals surface area contributed by atoms with Gasteiger partial charge in [-0.15, -0.1) is 11.8 Å². The first-order chi connectivity index (χ1) is 14.2. The molecule has 0 spiro atoms. The van der Waals surface area contributed by atoms with Gasteiger partial charge in [-0.3, -0.25) is 4.90 Å². The lowest BCUT2D eigenvalue weighted by atomic mass is 10.2. The molecule has 0 bridgehead atoms. The first kappa shape index (κ1) is 21.0. The summed E-state index contributed by atoms with van der Waals surface area (Å²) in [6.45, 7) is 6.64. The summed E-state index contributed by atoms with van der Waals surface area (Å²) in [6, 6.07) is 12.0. The van der Waals surface area contributed by atoms with E-state index in [1.165, 1.54) is 23.4 Å². The number of nitrogens with zero attached hydrogens (tertiary/aromatic N) is 2. The van der Waals surface area contributed by atoms with Crippen LogP contribution in [0.5, 0.6) is 11.5 Å². The second kappa shape index (κ2) is 10.2. The van der Waals surface area contributed by atoms with Crippen LogP contribution in [0.15, 0.2) is 41.3 Å². The summed E-state index contributed by atoms with van der Waals surface area (Å²) < 4.78 is 11.6. The average Bonchev–Trinajstić information content (AvgIpc) is 2.76. The highest BCUT2D eigenvalue weighted by Crippen LogP contribution is 2.39. The highest BCUT2D eigenvalue weighted by atomic mass is 35.5. The number of benzene rings is 2. The van der Waals surface area contributed by atoms with E-state index in [9.17, 15) is 0 Å². The summed E-state index contributed by atoms with van der Waals surface area (Å²) >= 11 is 13.9. The molecule has 7 heteroatoms. The van der Waals surface area contributed by atoms with E-state index < -0.39 is 0 Å². The van der Waals surface area contributed by atoms with Crippen LogP contribution in [0, 0.1) is 0 Å². The van der Waals surface area contributed by atoms with Crippen LogP contribution < -0.4 is 14.4 Å². The number of piperazine rings is 1. The quantitative estimate of drug-likeness (QED) is 0.410.